The molecule has 1 unspecified atom stereocenters. The standard InChI is InChI=1S/C17H20ClNO/c1-12-3-5-14(6-4-12)13(2)19-11-17(20)15-7-9-16(18)10-8-15/h3-10,13,17,19-20H,11H2,1-2H3/t13-,17?/m0/s1. The molecular weight excluding hydrogens is 270 g/mol. The molecule has 0 aliphatic rings. The lowest BCUT2D eigenvalue weighted by Gasteiger charge is -2.18. The summed E-state index contributed by atoms with van der Waals surface area (Å²) in [5, 5.41) is 14.2. The number of aliphatic hydroxyl groups excluding tert-OH is 1. The molecule has 0 aromatic heterocycles. The zero-order chi connectivity index (χ0) is 14.5. The van der Waals surface area contributed by atoms with Crippen LogP contribution in [0.4, 0.5) is 0 Å². The minimum Gasteiger partial charge on any atom is -0.387 e. The maximum Gasteiger partial charge on any atom is 0.0914 e. The Bertz CT molecular complexity index is 484. The van der Waals surface area contributed by atoms with Crippen LogP contribution in [-0.2, 0) is 0 Å². The lowest BCUT2D eigenvalue weighted by atomic mass is 10.1. The van der Waals surface area contributed by atoms with E-state index in [1.165, 1.54) is 11.1 Å². The van der Waals surface area contributed by atoms with Gasteiger partial charge < -0.3 is 10.4 Å². The summed E-state index contributed by atoms with van der Waals surface area (Å²) in [7, 11) is 0. The molecule has 2 atom stereocenters. The molecule has 0 saturated heterocycles. The number of halogens is 1. The Morgan fingerprint density at radius 1 is 1.00 bits per heavy atom. The molecule has 2 rings (SSSR count). The van der Waals surface area contributed by atoms with Gasteiger partial charge in [-0.2, -0.15) is 0 Å². The summed E-state index contributed by atoms with van der Waals surface area (Å²) in [6, 6.07) is 15.9. The van der Waals surface area contributed by atoms with Crippen molar-refractivity contribution in [1.82, 2.24) is 5.32 Å². The monoisotopic (exact) mass is 289 g/mol. The third kappa shape index (κ3) is 4.07. The van der Waals surface area contributed by atoms with E-state index < -0.39 is 6.10 Å². The van der Waals surface area contributed by atoms with Crippen molar-refractivity contribution < 1.29 is 5.11 Å². The van der Waals surface area contributed by atoms with Crippen molar-refractivity contribution in [3.8, 4) is 0 Å². The maximum atomic E-state index is 10.1. The molecule has 0 heterocycles. The summed E-state index contributed by atoms with van der Waals surface area (Å²) in [6.45, 7) is 4.68. The fraction of sp³-hybridized carbons (Fsp3) is 0.294. The molecule has 3 heteroatoms. The Balaban J connectivity index is 1.91. The summed E-state index contributed by atoms with van der Waals surface area (Å²) in [5.74, 6) is 0. The maximum absolute atomic E-state index is 10.1. The van der Waals surface area contributed by atoms with Crippen LogP contribution in [-0.4, -0.2) is 11.7 Å². The van der Waals surface area contributed by atoms with E-state index in [9.17, 15) is 5.11 Å². The highest BCUT2D eigenvalue weighted by Crippen LogP contribution is 2.18. The fourth-order valence-corrected chi connectivity index (χ4v) is 2.19. The largest absolute Gasteiger partial charge is 0.387 e. The quantitative estimate of drug-likeness (QED) is 0.871. The van der Waals surface area contributed by atoms with Crippen LogP contribution in [0.2, 0.25) is 5.02 Å². The minimum absolute atomic E-state index is 0.206. The van der Waals surface area contributed by atoms with Crippen LogP contribution in [0.1, 0.15) is 35.8 Å². The van der Waals surface area contributed by atoms with E-state index in [0.29, 0.717) is 11.6 Å². The number of rotatable bonds is 5. The summed E-state index contributed by atoms with van der Waals surface area (Å²) in [6.07, 6.45) is -0.528. The van der Waals surface area contributed by atoms with Gasteiger partial charge in [-0.15, -0.1) is 0 Å². The van der Waals surface area contributed by atoms with Crippen molar-refractivity contribution in [3.63, 3.8) is 0 Å². The first-order valence-electron chi connectivity index (χ1n) is 6.80. The van der Waals surface area contributed by atoms with Crippen molar-refractivity contribution in [2.24, 2.45) is 0 Å². The molecule has 0 aliphatic heterocycles. The Morgan fingerprint density at radius 3 is 2.15 bits per heavy atom. The second-order valence-corrected chi connectivity index (χ2v) is 5.54. The molecular formula is C17H20ClNO. The SMILES string of the molecule is Cc1ccc([C@H](C)NCC(O)c2ccc(Cl)cc2)cc1. The predicted octanol–water partition coefficient (Wildman–Crippen LogP) is 4.03. The van der Waals surface area contributed by atoms with Crippen molar-refractivity contribution in [1.29, 1.82) is 0 Å². The van der Waals surface area contributed by atoms with Gasteiger partial charge in [-0.25, -0.2) is 0 Å². The molecule has 2 aromatic rings. The van der Waals surface area contributed by atoms with Gasteiger partial charge in [0.2, 0.25) is 0 Å². The number of benzene rings is 2. The second-order valence-electron chi connectivity index (χ2n) is 5.11. The molecule has 0 amide bonds. The molecule has 106 valence electrons. The van der Waals surface area contributed by atoms with Gasteiger partial charge in [0.1, 0.15) is 0 Å². The summed E-state index contributed by atoms with van der Waals surface area (Å²) in [4.78, 5) is 0. The Hall–Kier alpha value is -1.35. The van der Waals surface area contributed by atoms with Crippen molar-refractivity contribution in [2.45, 2.75) is 26.0 Å². The van der Waals surface area contributed by atoms with Gasteiger partial charge in [0, 0.05) is 17.6 Å². The van der Waals surface area contributed by atoms with E-state index in [-0.39, 0.29) is 6.04 Å². The summed E-state index contributed by atoms with van der Waals surface area (Å²) in [5.41, 5.74) is 3.35. The highest BCUT2D eigenvalue weighted by atomic mass is 35.5. The topological polar surface area (TPSA) is 32.3 Å². The Labute approximate surface area is 125 Å². The third-order valence-electron chi connectivity index (χ3n) is 3.45. The summed E-state index contributed by atoms with van der Waals surface area (Å²) >= 11 is 5.84. The third-order valence-corrected chi connectivity index (χ3v) is 3.70. The van der Waals surface area contributed by atoms with Gasteiger partial charge >= 0.3 is 0 Å². The summed E-state index contributed by atoms with van der Waals surface area (Å²) < 4.78 is 0. The van der Waals surface area contributed by atoms with Crippen molar-refractivity contribution >= 4 is 11.6 Å². The van der Waals surface area contributed by atoms with E-state index in [0.717, 1.165) is 5.56 Å². The fourth-order valence-electron chi connectivity index (χ4n) is 2.06. The highest BCUT2D eigenvalue weighted by Gasteiger charge is 2.10. The van der Waals surface area contributed by atoms with Gasteiger partial charge in [0.15, 0.2) is 0 Å². The van der Waals surface area contributed by atoms with Crippen LogP contribution >= 0.6 is 11.6 Å². The van der Waals surface area contributed by atoms with E-state index in [2.05, 4.69) is 43.4 Å². The van der Waals surface area contributed by atoms with Crippen molar-refractivity contribution in [3.05, 3.63) is 70.2 Å². The Morgan fingerprint density at radius 2 is 1.55 bits per heavy atom. The van der Waals surface area contributed by atoms with Crippen LogP contribution in [0.15, 0.2) is 48.5 Å². The Kier molecular flexibility index (Phi) is 5.18. The predicted molar refractivity (Wildman–Crippen MR) is 84.0 cm³/mol. The average molecular weight is 290 g/mol. The normalized spacial score (nSPS) is 14.0. The first-order chi connectivity index (χ1) is 9.56. The van der Waals surface area contributed by atoms with Crippen LogP contribution in [0, 0.1) is 6.92 Å². The van der Waals surface area contributed by atoms with Gasteiger partial charge in [0.25, 0.3) is 0 Å². The first-order valence-corrected chi connectivity index (χ1v) is 7.17. The molecule has 0 saturated carbocycles. The number of hydrogen-bond donors (Lipinski definition) is 2. The van der Waals surface area contributed by atoms with E-state index >= 15 is 0 Å². The van der Waals surface area contributed by atoms with Gasteiger partial charge in [-0.1, -0.05) is 53.6 Å². The number of hydrogen-bond acceptors (Lipinski definition) is 2. The van der Waals surface area contributed by atoms with Crippen LogP contribution in [0.3, 0.4) is 0 Å². The van der Waals surface area contributed by atoms with Crippen molar-refractivity contribution in [2.75, 3.05) is 6.54 Å². The molecule has 2 N–H and O–H groups in total. The average Bonchev–Trinajstić information content (AvgIpc) is 2.46. The molecule has 0 fully saturated rings. The molecule has 0 bridgehead atoms. The van der Waals surface area contributed by atoms with Gasteiger partial charge in [0.05, 0.1) is 6.10 Å². The van der Waals surface area contributed by atoms with Gasteiger partial charge in [-0.3, -0.25) is 0 Å². The van der Waals surface area contributed by atoms with Crippen LogP contribution in [0.5, 0.6) is 0 Å². The lowest BCUT2D eigenvalue weighted by Crippen LogP contribution is -2.24. The molecule has 0 aliphatic carbocycles. The lowest BCUT2D eigenvalue weighted by molar-refractivity contribution is 0.171. The van der Waals surface area contributed by atoms with E-state index in [1.807, 2.05) is 12.1 Å². The molecule has 2 nitrogen and oxygen atoms in total. The number of nitrogens with one attached hydrogen (secondary N) is 1. The molecule has 20 heavy (non-hydrogen) atoms. The van der Waals surface area contributed by atoms with Crippen LogP contribution < -0.4 is 5.32 Å². The zero-order valence-electron chi connectivity index (χ0n) is 11.8. The van der Waals surface area contributed by atoms with Gasteiger partial charge in [-0.05, 0) is 37.1 Å². The first kappa shape index (κ1) is 15.0. The van der Waals surface area contributed by atoms with E-state index in [1.54, 1.807) is 12.1 Å². The highest BCUT2D eigenvalue weighted by molar-refractivity contribution is 6.30. The zero-order valence-corrected chi connectivity index (χ0v) is 12.6. The molecule has 0 spiro atoms. The van der Waals surface area contributed by atoms with E-state index in [4.69, 9.17) is 11.6 Å². The smallest absolute Gasteiger partial charge is 0.0914 e. The number of aliphatic hydroxyl groups is 1. The molecule has 2 aromatic carbocycles. The molecule has 0 radical (unpaired) electrons. The minimum atomic E-state index is -0.528. The second kappa shape index (κ2) is 6.89. The number of aryl methyl sites for hydroxylation is 1. The van der Waals surface area contributed by atoms with Crippen LogP contribution in [0.25, 0.3) is 0 Å².